The predicted molar refractivity (Wildman–Crippen MR) is 109 cm³/mol. The number of non-ortho nitro benzene ring substituents is 1. The first-order valence-corrected chi connectivity index (χ1v) is 8.77. The van der Waals surface area contributed by atoms with Gasteiger partial charge in [-0.15, -0.1) is 0 Å². The molecule has 0 saturated carbocycles. The third-order valence-electron chi connectivity index (χ3n) is 3.93. The minimum absolute atomic E-state index is 0.0199. The van der Waals surface area contributed by atoms with Crippen molar-refractivity contribution < 1.29 is 4.92 Å². The lowest BCUT2D eigenvalue weighted by Crippen LogP contribution is -2.34. The fourth-order valence-electron chi connectivity index (χ4n) is 2.57. The Labute approximate surface area is 166 Å². The first kappa shape index (κ1) is 18.8. The minimum atomic E-state index is -0.446. The molecule has 2 aromatic carbocycles. The molecule has 0 bridgehead atoms. The van der Waals surface area contributed by atoms with Crippen molar-refractivity contribution in [1.82, 2.24) is 14.9 Å². The summed E-state index contributed by atoms with van der Waals surface area (Å²) in [6, 6.07) is 13.2. The summed E-state index contributed by atoms with van der Waals surface area (Å²) in [6.45, 7) is 0. The second-order valence-corrected chi connectivity index (χ2v) is 6.63. The number of hydrogen-bond acceptors (Lipinski definition) is 4. The maximum atomic E-state index is 10.8. The lowest BCUT2D eigenvalue weighted by Gasteiger charge is -2.21. The van der Waals surface area contributed by atoms with Crippen molar-refractivity contribution in [2.75, 3.05) is 5.32 Å². The molecule has 3 rings (SSSR count). The van der Waals surface area contributed by atoms with E-state index < -0.39 is 4.92 Å². The largest absolute Gasteiger partial charge is 0.348 e. The maximum absolute atomic E-state index is 10.8. The molecular weight excluding hydrogens is 386 g/mol. The topological polar surface area (TPSA) is 85.0 Å². The number of benzene rings is 2. The van der Waals surface area contributed by atoms with Gasteiger partial charge in [0.2, 0.25) is 0 Å². The van der Waals surface area contributed by atoms with Gasteiger partial charge in [-0.05, 0) is 42.0 Å². The lowest BCUT2D eigenvalue weighted by atomic mass is 10.1. The Hall–Kier alpha value is -2.97. The highest BCUT2D eigenvalue weighted by Crippen LogP contribution is 2.23. The van der Waals surface area contributed by atoms with E-state index >= 15 is 0 Å². The first-order valence-electron chi connectivity index (χ1n) is 7.98. The van der Waals surface area contributed by atoms with Gasteiger partial charge in [0.1, 0.15) is 11.9 Å². The van der Waals surface area contributed by atoms with Crippen molar-refractivity contribution in [1.29, 1.82) is 0 Å². The fraction of sp³-hybridized carbons (Fsp3) is 0.111. The first-order chi connectivity index (χ1) is 12.9. The molecule has 0 amide bonds. The lowest BCUT2D eigenvalue weighted by molar-refractivity contribution is -0.384. The molecule has 3 aromatic rings. The highest BCUT2D eigenvalue weighted by atomic mass is 35.5. The maximum Gasteiger partial charge on any atom is 0.269 e. The third-order valence-corrected chi connectivity index (χ3v) is 4.40. The molecule has 0 aliphatic heterocycles. The van der Waals surface area contributed by atoms with Gasteiger partial charge in [-0.25, -0.2) is 4.98 Å². The Morgan fingerprint density at radius 3 is 2.44 bits per heavy atom. The number of nitro groups is 1. The molecule has 0 aliphatic rings. The van der Waals surface area contributed by atoms with E-state index in [0.717, 1.165) is 11.4 Å². The molecule has 0 spiro atoms. The highest BCUT2D eigenvalue weighted by molar-refractivity contribution is 7.80. The van der Waals surface area contributed by atoms with E-state index in [0.29, 0.717) is 15.8 Å². The number of anilines is 1. The smallest absolute Gasteiger partial charge is 0.269 e. The molecule has 0 unspecified atom stereocenters. The van der Waals surface area contributed by atoms with Crippen LogP contribution in [0.1, 0.15) is 17.4 Å². The van der Waals surface area contributed by atoms with E-state index in [1.54, 1.807) is 30.5 Å². The zero-order valence-electron chi connectivity index (χ0n) is 14.3. The molecule has 27 heavy (non-hydrogen) atoms. The molecule has 2 N–H and O–H groups in total. The Bertz CT molecular complexity index is 957. The van der Waals surface area contributed by atoms with E-state index in [4.69, 9.17) is 23.8 Å². The fourth-order valence-corrected chi connectivity index (χ4v) is 2.93. The van der Waals surface area contributed by atoms with Crippen LogP contribution in [0.5, 0.6) is 0 Å². The van der Waals surface area contributed by atoms with E-state index in [9.17, 15) is 10.1 Å². The molecule has 0 aliphatic carbocycles. The molecule has 1 atom stereocenters. The summed E-state index contributed by atoms with van der Waals surface area (Å²) >= 11 is 11.4. The van der Waals surface area contributed by atoms with Crippen molar-refractivity contribution in [3.63, 3.8) is 0 Å². The van der Waals surface area contributed by atoms with Crippen LogP contribution < -0.4 is 10.6 Å². The summed E-state index contributed by atoms with van der Waals surface area (Å²) < 4.78 is 1.90. The summed E-state index contributed by atoms with van der Waals surface area (Å²) in [6.07, 6.45) is 3.57. The number of halogens is 1. The monoisotopic (exact) mass is 401 g/mol. The molecule has 1 heterocycles. The number of aryl methyl sites for hydroxylation is 1. The summed E-state index contributed by atoms with van der Waals surface area (Å²) in [5.74, 6) is 0.783. The van der Waals surface area contributed by atoms with E-state index in [-0.39, 0.29) is 11.7 Å². The van der Waals surface area contributed by atoms with Crippen molar-refractivity contribution in [2.45, 2.75) is 6.04 Å². The average Bonchev–Trinajstić information content (AvgIpc) is 3.07. The van der Waals surface area contributed by atoms with Crippen molar-refractivity contribution >= 4 is 40.3 Å². The average molecular weight is 402 g/mol. The second kappa shape index (κ2) is 8.15. The van der Waals surface area contributed by atoms with Crippen LogP contribution in [0.3, 0.4) is 0 Å². The summed E-state index contributed by atoms with van der Waals surface area (Å²) in [7, 11) is 1.90. The standard InChI is InChI=1S/C18H16ClN5O2S/c1-23-11-10-20-17(23)16(12-2-4-13(19)5-3-12)22-18(27)21-14-6-8-15(9-7-14)24(25)26/h2-11,16H,1H3,(H2,21,22,27)/t16-/m1/s1. The van der Waals surface area contributed by atoms with Crippen molar-refractivity contribution in [3.8, 4) is 0 Å². The zero-order valence-corrected chi connectivity index (χ0v) is 15.9. The van der Waals surface area contributed by atoms with Gasteiger partial charge in [0.15, 0.2) is 5.11 Å². The molecule has 7 nitrogen and oxygen atoms in total. The Kier molecular flexibility index (Phi) is 5.68. The van der Waals surface area contributed by atoms with Gasteiger partial charge in [0.25, 0.3) is 5.69 Å². The van der Waals surface area contributed by atoms with Gasteiger partial charge < -0.3 is 15.2 Å². The molecule has 1 aromatic heterocycles. The highest BCUT2D eigenvalue weighted by Gasteiger charge is 2.19. The Morgan fingerprint density at radius 2 is 1.89 bits per heavy atom. The van der Waals surface area contributed by atoms with Gasteiger partial charge >= 0.3 is 0 Å². The number of nitrogens with one attached hydrogen (secondary N) is 2. The number of aromatic nitrogens is 2. The van der Waals surface area contributed by atoms with Gasteiger partial charge in [-0.2, -0.15) is 0 Å². The van der Waals surface area contributed by atoms with Crippen LogP contribution >= 0.6 is 23.8 Å². The van der Waals surface area contributed by atoms with Crippen LogP contribution in [0.2, 0.25) is 5.02 Å². The van der Waals surface area contributed by atoms with Crippen molar-refractivity contribution in [2.24, 2.45) is 7.05 Å². The molecule has 0 fully saturated rings. The Balaban J connectivity index is 1.79. The number of imidazole rings is 1. The predicted octanol–water partition coefficient (Wildman–Crippen LogP) is 4.06. The number of nitro benzene ring substituents is 1. The number of nitrogens with zero attached hydrogens (tertiary/aromatic N) is 3. The van der Waals surface area contributed by atoms with Crippen LogP contribution in [0.25, 0.3) is 0 Å². The van der Waals surface area contributed by atoms with Crippen LogP contribution in [0, 0.1) is 10.1 Å². The number of thiocarbonyl (C=S) groups is 1. The molecule has 138 valence electrons. The summed E-state index contributed by atoms with van der Waals surface area (Å²) in [5, 5.41) is 18.0. The van der Waals surface area contributed by atoms with Gasteiger partial charge in [-0.3, -0.25) is 10.1 Å². The third kappa shape index (κ3) is 4.60. The normalized spacial score (nSPS) is 11.6. The molecule has 9 heteroatoms. The van der Waals surface area contributed by atoms with Crippen LogP contribution in [0.15, 0.2) is 60.9 Å². The molecule has 0 radical (unpaired) electrons. The Morgan fingerprint density at radius 1 is 1.22 bits per heavy atom. The van der Waals surface area contributed by atoms with Crippen molar-refractivity contribution in [3.05, 3.63) is 87.4 Å². The molecular formula is C18H16ClN5O2S. The van der Waals surface area contributed by atoms with Crippen LogP contribution in [-0.4, -0.2) is 19.6 Å². The zero-order chi connectivity index (χ0) is 19.4. The summed E-state index contributed by atoms with van der Waals surface area (Å²) in [5.41, 5.74) is 1.61. The quantitative estimate of drug-likeness (QED) is 0.381. The van der Waals surface area contributed by atoms with Crippen LogP contribution in [-0.2, 0) is 7.05 Å². The van der Waals surface area contributed by atoms with E-state index in [1.807, 2.05) is 29.9 Å². The minimum Gasteiger partial charge on any atom is -0.348 e. The number of hydrogen-bond donors (Lipinski definition) is 2. The van der Waals surface area contributed by atoms with Crippen LogP contribution in [0.4, 0.5) is 11.4 Å². The molecule has 0 saturated heterocycles. The number of rotatable bonds is 5. The summed E-state index contributed by atoms with van der Waals surface area (Å²) in [4.78, 5) is 14.7. The van der Waals surface area contributed by atoms with E-state index in [1.165, 1.54) is 12.1 Å². The second-order valence-electron chi connectivity index (χ2n) is 5.78. The SMILES string of the molecule is Cn1ccnc1[C@H](NC(=S)Nc1ccc([N+](=O)[O-])cc1)c1ccc(Cl)cc1. The van der Waals surface area contributed by atoms with Gasteiger partial charge in [0.05, 0.1) is 4.92 Å². The van der Waals surface area contributed by atoms with E-state index in [2.05, 4.69) is 15.6 Å². The van der Waals surface area contributed by atoms with Gasteiger partial charge in [0, 0.05) is 42.3 Å². The van der Waals surface area contributed by atoms with Gasteiger partial charge in [-0.1, -0.05) is 23.7 Å².